The van der Waals surface area contributed by atoms with E-state index in [2.05, 4.69) is 194 Å². The second kappa shape index (κ2) is 12.2. The molecule has 1 aliphatic rings. The molecule has 0 saturated heterocycles. The third kappa shape index (κ3) is 4.73. The molecule has 0 fully saturated rings. The Morgan fingerprint density at radius 2 is 0.875 bits per heavy atom. The molecule has 12 rings (SSSR count). The van der Waals surface area contributed by atoms with Crippen LogP contribution in [0.25, 0.3) is 115 Å². The minimum Gasteiger partial charge on any atom is -0.0836 e. The Bertz CT molecular complexity index is 3330. The van der Waals surface area contributed by atoms with Crippen LogP contribution in [0.3, 0.4) is 0 Å². The fourth-order valence-corrected chi connectivity index (χ4v) is 9.88. The summed E-state index contributed by atoms with van der Waals surface area (Å²) >= 11 is 0. The van der Waals surface area contributed by atoms with Crippen LogP contribution in [0.1, 0.15) is 17.5 Å². The van der Waals surface area contributed by atoms with Gasteiger partial charge in [0.25, 0.3) is 0 Å². The van der Waals surface area contributed by atoms with E-state index in [0.717, 1.165) is 12.8 Å². The predicted molar refractivity (Wildman–Crippen MR) is 242 cm³/mol. The van der Waals surface area contributed by atoms with E-state index in [4.69, 9.17) is 0 Å². The zero-order valence-corrected chi connectivity index (χ0v) is 30.9. The van der Waals surface area contributed by atoms with Crippen LogP contribution in [0.15, 0.2) is 188 Å². The summed E-state index contributed by atoms with van der Waals surface area (Å²) in [6.45, 7) is 0. The number of hydrogen-bond acceptors (Lipinski definition) is 0. The second-order valence-electron chi connectivity index (χ2n) is 15.5. The number of fused-ring (bicyclic) bond motifs is 4. The Balaban J connectivity index is 1.14. The average Bonchev–Trinajstić information content (AvgIpc) is 3.27. The largest absolute Gasteiger partial charge is 0.0836 e. The van der Waals surface area contributed by atoms with Gasteiger partial charge in [-0.1, -0.05) is 176 Å². The standard InChI is InChI=1S/C56H36/c1-3-16-45-35(10-1)12-8-20-47(45)37-22-24-40(25-23-37)55-49-18-5-6-19-50(49)56(44-32-42-28-26-38-14-7-15-39-27-29-43(33-44)54(42)53(38)39)51-31-30-41(34-52(51)55)48-21-9-13-36-11-2-4-17-46(36)48/h1,3-10,12-34H,2,11H2. The van der Waals surface area contributed by atoms with Crippen LogP contribution in [0.4, 0.5) is 0 Å². The maximum absolute atomic E-state index is 2.47. The summed E-state index contributed by atoms with van der Waals surface area (Å²) in [6.07, 6.45) is 6.85. The van der Waals surface area contributed by atoms with E-state index < -0.39 is 0 Å². The lowest BCUT2D eigenvalue weighted by atomic mass is 9.82. The van der Waals surface area contributed by atoms with Crippen molar-refractivity contribution in [3.05, 3.63) is 199 Å². The molecular formula is C56H36. The molecule has 260 valence electrons. The third-order valence-corrected chi connectivity index (χ3v) is 12.4. The lowest BCUT2D eigenvalue weighted by molar-refractivity contribution is 0.986. The first-order valence-corrected chi connectivity index (χ1v) is 19.8. The molecule has 0 spiro atoms. The molecule has 0 aromatic heterocycles. The lowest BCUT2D eigenvalue weighted by Gasteiger charge is -2.21. The molecule has 0 atom stereocenters. The number of aryl methyl sites for hydroxylation is 1. The van der Waals surface area contributed by atoms with Crippen molar-refractivity contribution in [3.8, 4) is 44.5 Å². The van der Waals surface area contributed by atoms with Crippen molar-refractivity contribution in [1.82, 2.24) is 0 Å². The Labute approximate surface area is 325 Å². The highest BCUT2D eigenvalue weighted by Crippen LogP contribution is 2.47. The van der Waals surface area contributed by atoms with E-state index in [1.807, 2.05) is 0 Å². The summed E-state index contributed by atoms with van der Waals surface area (Å²) in [6, 6.07) is 68.4. The molecule has 1 aliphatic carbocycles. The van der Waals surface area contributed by atoms with Gasteiger partial charge in [-0.05, 0) is 151 Å². The van der Waals surface area contributed by atoms with E-state index in [1.165, 1.54) is 120 Å². The molecule has 0 heteroatoms. The second-order valence-corrected chi connectivity index (χ2v) is 15.5. The quantitative estimate of drug-likeness (QED) is 0.126. The zero-order chi connectivity index (χ0) is 36.7. The molecule has 0 saturated carbocycles. The van der Waals surface area contributed by atoms with Crippen LogP contribution in [-0.2, 0) is 6.42 Å². The van der Waals surface area contributed by atoms with Crippen molar-refractivity contribution in [2.24, 2.45) is 0 Å². The molecule has 0 unspecified atom stereocenters. The maximum Gasteiger partial charge on any atom is -0.00259 e. The molecule has 0 aliphatic heterocycles. The number of allylic oxidation sites excluding steroid dienone is 1. The molecule has 11 aromatic carbocycles. The van der Waals surface area contributed by atoms with Gasteiger partial charge in [0.1, 0.15) is 0 Å². The molecule has 0 bridgehead atoms. The average molecular weight is 709 g/mol. The Kier molecular flexibility index (Phi) is 6.86. The summed E-state index contributed by atoms with van der Waals surface area (Å²) in [5.41, 5.74) is 12.9. The van der Waals surface area contributed by atoms with Crippen LogP contribution < -0.4 is 0 Å². The van der Waals surface area contributed by atoms with Crippen molar-refractivity contribution >= 4 is 70.7 Å². The van der Waals surface area contributed by atoms with Gasteiger partial charge in [0.15, 0.2) is 0 Å². The minimum atomic E-state index is 1.09. The van der Waals surface area contributed by atoms with Gasteiger partial charge >= 0.3 is 0 Å². The van der Waals surface area contributed by atoms with E-state index in [9.17, 15) is 0 Å². The van der Waals surface area contributed by atoms with Crippen LogP contribution in [-0.4, -0.2) is 0 Å². The number of benzene rings is 11. The summed E-state index contributed by atoms with van der Waals surface area (Å²) < 4.78 is 0. The Morgan fingerprint density at radius 3 is 1.66 bits per heavy atom. The molecule has 0 heterocycles. The van der Waals surface area contributed by atoms with Gasteiger partial charge in [-0.2, -0.15) is 0 Å². The van der Waals surface area contributed by atoms with E-state index in [1.54, 1.807) is 0 Å². The van der Waals surface area contributed by atoms with Gasteiger partial charge in [0.2, 0.25) is 0 Å². The Hall–Kier alpha value is -7.02. The summed E-state index contributed by atoms with van der Waals surface area (Å²) in [4.78, 5) is 0. The van der Waals surface area contributed by atoms with Crippen molar-refractivity contribution in [1.29, 1.82) is 0 Å². The molecule has 0 nitrogen and oxygen atoms in total. The van der Waals surface area contributed by atoms with Crippen LogP contribution >= 0.6 is 0 Å². The summed E-state index contributed by atoms with van der Waals surface area (Å²) in [7, 11) is 0. The first kappa shape index (κ1) is 31.3. The van der Waals surface area contributed by atoms with Gasteiger partial charge in [0, 0.05) is 0 Å². The Morgan fingerprint density at radius 1 is 0.321 bits per heavy atom. The predicted octanol–water partition coefficient (Wildman–Crippen LogP) is 15.7. The highest BCUT2D eigenvalue weighted by Gasteiger charge is 2.20. The minimum absolute atomic E-state index is 1.09. The first-order chi connectivity index (χ1) is 27.8. The number of rotatable bonds is 4. The topological polar surface area (TPSA) is 0 Å². The van der Waals surface area contributed by atoms with Gasteiger partial charge in [-0.25, -0.2) is 0 Å². The molecule has 0 radical (unpaired) electrons. The highest BCUT2D eigenvalue weighted by atomic mass is 14.2. The first-order valence-electron chi connectivity index (χ1n) is 19.8. The van der Waals surface area contributed by atoms with Crippen LogP contribution in [0.5, 0.6) is 0 Å². The van der Waals surface area contributed by atoms with E-state index >= 15 is 0 Å². The summed E-state index contributed by atoms with van der Waals surface area (Å²) in [5.74, 6) is 0. The smallest absolute Gasteiger partial charge is 0.00259 e. The van der Waals surface area contributed by atoms with Gasteiger partial charge in [-0.15, -0.1) is 0 Å². The molecular weight excluding hydrogens is 673 g/mol. The normalized spacial score (nSPS) is 12.8. The van der Waals surface area contributed by atoms with Gasteiger partial charge in [-0.3, -0.25) is 0 Å². The van der Waals surface area contributed by atoms with Crippen LogP contribution in [0, 0.1) is 0 Å². The van der Waals surface area contributed by atoms with E-state index in [-0.39, 0.29) is 0 Å². The monoisotopic (exact) mass is 708 g/mol. The van der Waals surface area contributed by atoms with Crippen molar-refractivity contribution in [2.75, 3.05) is 0 Å². The molecule has 0 amide bonds. The van der Waals surface area contributed by atoms with Crippen LogP contribution in [0.2, 0.25) is 0 Å². The lowest BCUT2D eigenvalue weighted by Crippen LogP contribution is -1.97. The molecule has 0 N–H and O–H groups in total. The van der Waals surface area contributed by atoms with Crippen molar-refractivity contribution in [2.45, 2.75) is 12.8 Å². The maximum atomic E-state index is 2.47. The molecule has 11 aromatic rings. The fraction of sp³-hybridized carbons (Fsp3) is 0.0357. The van der Waals surface area contributed by atoms with E-state index in [0.29, 0.717) is 0 Å². The van der Waals surface area contributed by atoms with Crippen molar-refractivity contribution in [3.63, 3.8) is 0 Å². The van der Waals surface area contributed by atoms with Crippen molar-refractivity contribution < 1.29 is 0 Å². The number of hydrogen-bond donors (Lipinski definition) is 0. The van der Waals surface area contributed by atoms with Gasteiger partial charge in [0.05, 0.1) is 0 Å². The fourth-order valence-electron chi connectivity index (χ4n) is 9.88. The SMILES string of the molecule is C1=Cc2c(cccc2-c2ccc3c(-c4cc5ccc6cccc7ccc(c4)c5c67)c4ccccc4c(-c4ccc(-c5cccc6ccccc56)cc4)c3c2)CC1. The van der Waals surface area contributed by atoms with Gasteiger partial charge < -0.3 is 0 Å². The molecule has 56 heavy (non-hydrogen) atoms. The summed E-state index contributed by atoms with van der Waals surface area (Å²) in [5, 5.41) is 15.5. The highest BCUT2D eigenvalue weighted by molar-refractivity contribution is 6.26. The third-order valence-electron chi connectivity index (χ3n) is 12.4. The zero-order valence-electron chi connectivity index (χ0n) is 30.9.